The lowest BCUT2D eigenvalue weighted by Crippen LogP contribution is -2.56. The molecule has 3 fully saturated rings. The van der Waals surface area contributed by atoms with Gasteiger partial charge in [0.15, 0.2) is 0 Å². The molecule has 3 aliphatic rings. The van der Waals surface area contributed by atoms with Crippen LogP contribution in [0.25, 0.3) is 0 Å². The van der Waals surface area contributed by atoms with E-state index >= 15 is 0 Å². The molecule has 34 heavy (non-hydrogen) atoms. The van der Waals surface area contributed by atoms with Crippen molar-refractivity contribution < 1.29 is 5.11 Å². The Morgan fingerprint density at radius 2 is 1.97 bits per heavy atom. The monoisotopic (exact) mass is 503 g/mol. The van der Waals surface area contributed by atoms with Gasteiger partial charge in [-0.25, -0.2) is 4.98 Å². The zero-order valence-electron chi connectivity index (χ0n) is 20.1. The first kappa shape index (κ1) is 24.1. The third-order valence-electron chi connectivity index (χ3n) is 8.08. The second-order valence-corrected chi connectivity index (χ2v) is 11.3. The van der Waals surface area contributed by atoms with E-state index in [4.69, 9.17) is 28.2 Å². The first-order valence-corrected chi connectivity index (χ1v) is 13.3. The summed E-state index contributed by atoms with van der Waals surface area (Å²) in [6.07, 6.45) is 6.87. The van der Waals surface area contributed by atoms with Crippen molar-refractivity contribution in [1.82, 2.24) is 14.9 Å². The van der Waals surface area contributed by atoms with Crippen LogP contribution < -0.4 is 10.2 Å². The Balaban J connectivity index is 1.18. The number of nitrogens with one attached hydrogen (secondary N) is 1. The van der Waals surface area contributed by atoms with Gasteiger partial charge in [0.2, 0.25) is 5.95 Å². The van der Waals surface area contributed by atoms with E-state index in [1.165, 1.54) is 38.8 Å². The SMILES string of the molecule is Cc1cnc(N2CC([C@H]3CCCN(C4CC(CO)C4)C3)C2)nc1N[C@H](C)c1ccc(Cl)cc1Cl. The largest absolute Gasteiger partial charge is 0.396 e. The Morgan fingerprint density at radius 3 is 2.71 bits per heavy atom. The summed E-state index contributed by atoms with van der Waals surface area (Å²) in [4.78, 5) is 14.5. The van der Waals surface area contributed by atoms with Crippen molar-refractivity contribution in [2.75, 3.05) is 43.0 Å². The number of hydrogen-bond acceptors (Lipinski definition) is 6. The second-order valence-electron chi connectivity index (χ2n) is 10.5. The molecular formula is C26H35Cl2N5O. The Labute approximate surface area is 212 Å². The van der Waals surface area contributed by atoms with Crippen LogP contribution in [0.5, 0.6) is 0 Å². The number of hydrogen-bond donors (Lipinski definition) is 2. The molecule has 2 aliphatic heterocycles. The fraction of sp³-hybridized carbons (Fsp3) is 0.615. The van der Waals surface area contributed by atoms with Gasteiger partial charge in [-0.1, -0.05) is 29.3 Å². The quantitative estimate of drug-likeness (QED) is 0.542. The number of aliphatic hydroxyl groups is 1. The Kier molecular flexibility index (Phi) is 7.22. The van der Waals surface area contributed by atoms with Crippen molar-refractivity contribution in [2.24, 2.45) is 17.8 Å². The molecular weight excluding hydrogens is 469 g/mol. The molecule has 0 unspecified atom stereocenters. The number of anilines is 2. The predicted octanol–water partition coefficient (Wildman–Crippen LogP) is 5.18. The molecule has 1 saturated carbocycles. The van der Waals surface area contributed by atoms with E-state index in [1.807, 2.05) is 25.3 Å². The maximum atomic E-state index is 9.34. The Hall–Kier alpha value is -1.60. The smallest absolute Gasteiger partial charge is 0.227 e. The molecule has 2 N–H and O–H groups in total. The fourth-order valence-electron chi connectivity index (χ4n) is 5.75. The molecule has 5 rings (SSSR count). The lowest BCUT2D eigenvalue weighted by Gasteiger charge is -2.50. The van der Waals surface area contributed by atoms with Crippen molar-refractivity contribution >= 4 is 35.0 Å². The number of aryl methyl sites for hydroxylation is 1. The molecule has 0 radical (unpaired) electrons. The highest BCUT2D eigenvalue weighted by atomic mass is 35.5. The van der Waals surface area contributed by atoms with E-state index in [1.54, 1.807) is 6.07 Å². The predicted molar refractivity (Wildman–Crippen MR) is 139 cm³/mol. The standard InChI is InChI=1S/C26H35Cl2N5O/c1-16-11-29-26(31-25(16)30-17(2)23-6-5-21(27)10-24(23)28)33-13-20(14-33)19-4-3-7-32(12-19)22-8-18(9-22)15-34/h5-6,10-11,17-20,22,34H,3-4,7-9,12-15H2,1-2H3,(H,29,30,31)/t17-,18?,19+,22?/m1/s1. The van der Waals surface area contributed by atoms with E-state index < -0.39 is 0 Å². The second kappa shape index (κ2) is 10.2. The molecule has 0 amide bonds. The van der Waals surface area contributed by atoms with E-state index in [0.29, 0.717) is 34.5 Å². The molecule has 2 saturated heterocycles. The van der Waals surface area contributed by atoms with Crippen molar-refractivity contribution in [3.05, 3.63) is 45.6 Å². The lowest BCUT2D eigenvalue weighted by molar-refractivity contribution is 0.00777. The summed E-state index contributed by atoms with van der Waals surface area (Å²) < 4.78 is 0. The lowest BCUT2D eigenvalue weighted by atomic mass is 9.76. The molecule has 0 spiro atoms. The first-order chi connectivity index (χ1) is 16.4. The minimum absolute atomic E-state index is 0.000476. The van der Waals surface area contributed by atoms with Crippen LogP contribution in [0.3, 0.4) is 0 Å². The molecule has 0 bridgehead atoms. The number of halogens is 2. The zero-order chi connectivity index (χ0) is 23.8. The van der Waals surface area contributed by atoms with Crippen molar-refractivity contribution in [1.29, 1.82) is 0 Å². The minimum atomic E-state index is 0.000476. The fourth-order valence-corrected chi connectivity index (χ4v) is 6.32. The summed E-state index contributed by atoms with van der Waals surface area (Å²) in [5.41, 5.74) is 2.01. The summed E-state index contributed by atoms with van der Waals surface area (Å²) in [5, 5.41) is 14.1. The molecule has 1 aromatic heterocycles. The summed E-state index contributed by atoms with van der Waals surface area (Å²) in [6, 6.07) is 6.29. The highest BCUT2D eigenvalue weighted by Crippen LogP contribution is 2.38. The van der Waals surface area contributed by atoms with Crippen LogP contribution in [0.15, 0.2) is 24.4 Å². The maximum Gasteiger partial charge on any atom is 0.227 e. The molecule has 3 heterocycles. The van der Waals surface area contributed by atoms with Crippen molar-refractivity contribution in [2.45, 2.75) is 51.6 Å². The number of piperidine rings is 1. The van der Waals surface area contributed by atoms with Gasteiger partial charge in [0.25, 0.3) is 0 Å². The van der Waals surface area contributed by atoms with E-state index in [0.717, 1.165) is 41.9 Å². The summed E-state index contributed by atoms with van der Waals surface area (Å²) in [7, 11) is 0. The molecule has 8 heteroatoms. The van der Waals surface area contributed by atoms with Crippen molar-refractivity contribution in [3.63, 3.8) is 0 Å². The van der Waals surface area contributed by atoms with E-state index in [9.17, 15) is 5.11 Å². The zero-order valence-corrected chi connectivity index (χ0v) is 21.6. The van der Waals surface area contributed by atoms with Crippen LogP contribution in [0.4, 0.5) is 11.8 Å². The molecule has 184 valence electrons. The van der Waals surface area contributed by atoms with Gasteiger partial charge in [0, 0.05) is 54.1 Å². The number of aromatic nitrogens is 2. The summed E-state index contributed by atoms with van der Waals surface area (Å²) in [6.45, 7) is 8.95. The van der Waals surface area contributed by atoms with Crippen LogP contribution in [0, 0.1) is 24.7 Å². The van der Waals surface area contributed by atoms with Crippen LogP contribution in [0.1, 0.15) is 49.8 Å². The van der Waals surface area contributed by atoms with Gasteiger partial charge in [0.1, 0.15) is 5.82 Å². The van der Waals surface area contributed by atoms with Crippen LogP contribution >= 0.6 is 23.2 Å². The first-order valence-electron chi connectivity index (χ1n) is 12.6. The summed E-state index contributed by atoms with van der Waals surface area (Å²) >= 11 is 12.5. The Morgan fingerprint density at radius 1 is 1.18 bits per heavy atom. The maximum absolute atomic E-state index is 9.34. The normalized spacial score (nSPS) is 26.6. The number of benzene rings is 1. The van der Waals surface area contributed by atoms with Gasteiger partial charge in [0.05, 0.1) is 6.04 Å². The van der Waals surface area contributed by atoms with Gasteiger partial charge in [-0.05, 0) is 81.5 Å². The molecule has 1 aromatic carbocycles. The molecule has 2 atom stereocenters. The van der Waals surface area contributed by atoms with Crippen LogP contribution in [0.2, 0.25) is 10.0 Å². The highest BCUT2D eigenvalue weighted by molar-refractivity contribution is 6.35. The van der Waals surface area contributed by atoms with Crippen LogP contribution in [-0.4, -0.2) is 58.8 Å². The van der Waals surface area contributed by atoms with Gasteiger partial charge in [-0.3, -0.25) is 0 Å². The van der Waals surface area contributed by atoms with E-state index in [2.05, 4.69) is 27.0 Å². The van der Waals surface area contributed by atoms with Crippen molar-refractivity contribution in [3.8, 4) is 0 Å². The summed E-state index contributed by atoms with van der Waals surface area (Å²) in [5.74, 6) is 3.65. The molecule has 2 aromatic rings. The van der Waals surface area contributed by atoms with E-state index in [-0.39, 0.29) is 6.04 Å². The number of rotatable bonds is 7. The average molecular weight is 505 g/mol. The third kappa shape index (κ3) is 5.01. The highest BCUT2D eigenvalue weighted by Gasteiger charge is 2.40. The van der Waals surface area contributed by atoms with Crippen LogP contribution in [-0.2, 0) is 0 Å². The third-order valence-corrected chi connectivity index (χ3v) is 8.64. The molecule has 1 aliphatic carbocycles. The topological polar surface area (TPSA) is 64.5 Å². The van der Waals surface area contributed by atoms with Gasteiger partial charge < -0.3 is 20.2 Å². The molecule has 6 nitrogen and oxygen atoms in total. The Bertz CT molecular complexity index is 1010. The van der Waals surface area contributed by atoms with Gasteiger partial charge in [-0.15, -0.1) is 0 Å². The van der Waals surface area contributed by atoms with Gasteiger partial charge >= 0.3 is 0 Å². The van der Waals surface area contributed by atoms with Gasteiger partial charge in [-0.2, -0.15) is 4.98 Å². The number of likely N-dealkylation sites (tertiary alicyclic amines) is 1. The average Bonchev–Trinajstić information content (AvgIpc) is 2.74. The number of nitrogens with zero attached hydrogens (tertiary/aromatic N) is 4. The minimum Gasteiger partial charge on any atom is -0.396 e. The number of aliphatic hydroxyl groups excluding tert-OH is 1.